The van der Waals surface area contributed by atoms with Crippen molar-refractivity contribution in [1.82, 2.24) is 15.5 Å². The number of hydrogen-bond acceptors (Lipinski definition) is 6. The van der Waals surface area contributed by atoms with E-state index in [4.69, 9.17) is 0 Å². The monoisotopic (exact) mass is 427 g/mol. The number of fused-ring (bicyclic) bond motifs is 1. The molecule has 0 saturated carbocycles. The summed E-state index contributed by atoms with van der Waals surface area (Å²) in [6.45, 7) is 0. The van der Waals surface area contributed by atoms with E-state index in [0.29, 0.717) is 31.2 Å². The highest BCUT2D eigenvalue weighted by atomic mass is 16.6. The maximum Gasteiger partial charge on any atom is 0.310 e. The maximum atomic E-state index is 13.4. The summed E-state index contributed by atoms with van der Waals surface area (Å²) in [4.78, 5) is 51.8. The highest BCUT2D eigenvalue weighted by molar-refractivity contribution is 5.98. The van der Waals surface area contributed by atoms with Crippen LogP contribution in [-0.4, -0.2) is 64.2 Å². The summed E-state index contributed by atoms with van der Waals surface area (Å²) in [5.41, 5.74) is 0.452. The zero-order valence-corrected chi connectivity index (χ0v) is 16.9. The van der Waals surface area contributed by atoms with Gasteiger partial charge in [0.05, 0.1) is 6.42 Å². The van der Waals surface area contributed by atoms with Crippen molar-refractivity contribution in [2.24, 2.45) is 0 Å². The van der Waals surface area contributed by atoms with E-state index in [1.807, 2.05) is 12.2 Å². The Balaban J connectivity index is 1.49. The van der Waals surface area contributed by atoms with Crippen LogP contribution < -0.4 is 10.6 Å². The molecular weight excluding hydrogens is 402 g/mol. The third kappa shape index (κ3) is 4.46. The average molecular weight is 427 g/mol. The fraction of sp³-hybridized carbons (Fsp3) is 0.455. The van der Waals surface area contributed by atoms with Gasteiger partial charge in [0.1, 0.15) is 18.1 Å². The molecule has 5 unspecified atom stereocenters. The molecule has 2 fully saturated rings. The maximum absolute atomic E-state index is 13.4. The fourth-order valence-corrected chi connectivity index (χ4v) is 4.37. The number of amides is 3. The normalized spacial score (nSPS) is 30.2. The van der Waals surface area contributed by atoms with Gasteiger partial charge in [0.25, 0.3) is 5.91 Å². The molecular formula is C22H25N3O6. The van der Waals surface area contributed by atoms with E-state index in [2.05, 4.69) is 15.4 Å². The molecule has 1 aromatic rings. The number of aliphatic hydroxyl groups is 1. The van der Waals surface area contributed by atoms with Crippen LogP contribution in [0.1, 0.15) is 42.5 Å². The lowest BCUT2D eigenvalue weighted by Gasteiger charge is -2.34. The van der Waals surface area contributed by atoms with Crippen molar-refractivity contribution in [3.05, 3.63) is 48.0 Å². The number of rotatable bonds is 4. The Labute approximate surface area is 179 Å². The number of carbonyl (C=O) groups excluding carboxylic acids is 4. The molecule has 3 N–H and O–H groups in total. The Morgan fingerprint density at radius 1 is 1.03 bits per heavy atom. The number of aliphatic hydroxyl groups excluding tert-OH is 1. The van der Waals surface area contributed by atoms with Crippen LogP contribution in [-0.2, 0) is 19.1 Å². The second kappa shape index (κ2) is 8.89. The molecule has 0 aromatic heterocycles. The summed E-state index contributed by atoms with van der Waals surface area (Å²) < 4.78 is 4.67. The van der Waals surface area contributed by atoms with Gasteiger partial charge in [-0.3, -0.25) is 19.2 Å². The molecule has 0 spiro atoms. The third-order valence-corrected chi connectivity index (χ3v) is 5.96. The minimum absolute atomic E-state index is 0.116. The molecule has 3 amide bonds. The van der Waals surface area contributed by atoms with Gasteiger partial charge in [0, 0.05) is 11.6 Å². The Bertz CT molecular complexity index is 902. The molecule has 2 saturated heterocycles. The largest absolute Gasteiger partial charge is 0.434 e. The van der Waals surface area contributed by atoms with E-state index < -0.39 is 36.3 Å². The molecule has 0 aliphatic carbocycles. The van der Waals surface area contributed by atoms with Crippen molar-refractivity contribution in [2.45, 2.75) is 62.6 Å². The van der Waals surface area contributed by atoms with Crippen LogP contribution in [0, 0.1) is 0 Å². The van der Waals surface area contributed by atoms with Crippen molar-refractivity contribution >= 4 is 23.7 Å². The van der Waals surface area contributed by atoms with Crippen LogP contribution in [0.3, 0.4) is 0 Å². The molecule has 31 heavy (non-hydrogen) atoms. The van der Waals surface area contributed by atoms with E-state index in [1.54, 1.807) is 35.2 Å². The first-order chi connectivity index (χ1) is 14.9. The number of ether oxygens (including phenoxy) is 1. The molecule has 5 atom stereocenters. The topological polar surface area (TPSA) is 125 Å². The van der Waals surface area contributed by atoms with Gasteiger partial charge in [-0.15, -0.1) is 0 Å². The number of nitrogens with zero attached hydrogens (tertiary/aromatic N) is 1. The number of cyclic esters (lactones) is 1. The number of nitrogens with one attached hydrogen (secondary N) is 2. The van der Waals surface area contributed by atoms with Gasteiger partial charge in [-0.25, -0.2) is 0 Å². The first-order valence-corrected chi connectivity index (χ1v) is 10.4. The van der Waals surface area contributed by atoms with Crippen LogP contribution >= 0.6 is 0 Å². The minimum atomic E-state index is -1.39. The van der Waals surface area contributed by atoms with Gasteiger partial charge < -0.3 is 25.4 Å². The number of benzene rings is 1. The predicted molar refractivity (Wildman–Crippen MR) is 108 cm³/mol. The quantitative estimate of drug-likeness (QED) is 0.467. The third-order valence-electron chi connectivity index (χ3n) is 5.96. The van der Waals surface area contributed by atoms with E-state index in [1.165, 1.54) is 0 Å². The zero-order valence-electron chi connectivity index (χ0n) is 16.9. The number of hydrogen-bond donors (Lipinski definition) is 3. The molecule has 4 rings (SSSR count). The van der Waals surface area contributed by atoms with Crippen molar-refractivity contribution in [1.29, 1.82) is 0 Å². The second-order valence-electron chi connectivity index (χ2n) is 8.03. The zero-order chi connectivity index (χ0) is 22.0. The van der Waals surface area contributed by atoms with E-state index in [-0.39, 0.29) is 24.3 Å². The SMILES string of the molecule is O=C1CC(NC(=O)C2CCC3CC=CCC(NC(=O)c4ccccc4)C(=O)N32)C(O)O1. The molecule has 1 aromatic carbocycles. The Morgan fingerprint density at radius 2 is 1.77 bits per heavy atom. The van der Waals surface area contributed by atoms with E-state index in [0.717, 1.165) is 0 Å². The molecule has 9 nitrogen and oxygen atoms in total. The van der Waals surface area contributed by atoms with Crippen molar-refractivity contribution in [3.8, 4) is 0 Å². The lowest BCUT2D eigenvalue weighted by Crippen LogP contribution is -2.57. The van der Waals surface area contributed by atoms with Crippen molar-refractivity contribution in [2.75, 3.05) is 0 Å². The molecule has 0 radical (unpaired) electrons. The smallest absolute Gasteiger partial charge is 0.310 e. The highest BCUT2D eigenvalue weighted by Crippen LogP contribution is 2.30. The molecule has 3 heterocycles. The van der Waals surface area contributed by atoms with Crippen LogP contribution in [0.4, 0.5) is 0 Å². The summed E-state index contributed by atoms with van der Waals surface area (Å²) in [5, 5.41) is 15.2. The van der Waals surface area contributed by atoms with Crippen LogP contribution in [0.15, 0.2) is 42.5 Å². The fourth-order valence-electron chi connectivity index (χ4n) is 4.37. The van der Waals surface area contributed by atoms with Gasteiger partial charge >= 0.3 is 5.97 Å². The van der Waals surface area contributed by atoms with E-state index in [9.17, 15) is 24.3 Å². The molecule has 9 heteroatoms. The average Bonchev–Trinajstić information content (AvgIpc) is 3.31. The Morgan fingerprint density at radius 3 is 2.48 bits per heavy atom. The first kappa shape index (κ1) is 21.0. The Hall–Kier alpha value is -3.20. The van der Waals surface area contributed by atoms with Gasteiger partial charge in [-0.1, -0.05) is 30.4 Å². The van der Waals surface area contributed by atoms with Crippen molar-refractivity contribution < 1.29 is 29.0 Å². The van der Waals surface area contributed by atoms with Gasteiger partial charge in [-0.2, -0.15) is 0 Å². The lowest BCUT2D eigenvalue weighted by atomic mass is 10.0. The predicted octanol–water partition coefficient (Wildman–Crippen LogP) is 0.245. The van der Waals surface area contributed by atoms with Crippen LogP contribution in [0.5, 0.6) is 0 Å². The lowest BCUT2D eigenvalue weighted by molar-refractivity contribution is -0.155. The molecule has 0 bridgehead atoms. The molecule has 3 aliphatic heterocycles. The molecule has 164 valence electrons. The summed E-state index contributed by atoms with van der Waals surface area (Å²) in [6, 6.07) is 6.13. The highest BCUT2D eigenvalue weighted by Gasteiger charge is 2.45. The standard InChI is InChI=1S/C22H25N3O6/c26-18-12-16(22(30)31-18)24-20(28)17-11-10-14-8-4-5-9-15(21(29)25(14)17)23-19(27)13-6-2-1-3-7-13/h1-7,14-17,22,30H,8-12H2,(H,23,27)(H,24,28). The first-order valence-electron chi connectivity index (χ1n) is 10.4. The summed E-state index contributed by atoms with van der Waals surface area (Å²) >= 11 is 0. The number of carbonyl (C=O) groups is 4. The Kier molecular flexibility index (Phi) is 6.03. The van der Waals surface area contributed by atoms with Gasteiger partial charge in [-0.05, 0) is 37.8 Å². The number of esters is 1. The summed E-state index contributed by atoms with van der Waals surface area (Å²) in [6.07, 6.45) is 4.42. The molecule has 3 aliphatic rings. The van der Waals surface area contributed by atoms with Gasteiger partial charge in [0.15, 0.2) is 0 Å². The second-order valence-corrected chi connectivity index (χ2v) is 8.03. The van der Waals surface area contributed by atoms with Crippen molar-refractivity contribution in [3.63, 3.8) is 0 Å². The minimum Gasteiger partial charge on any atom is -0.434 e. The summed E-state index contributed by atoms with van der Waals surface area (Å²) in [7, 11) is 0. The van der Waals surface area contributed by atoms with Gasteiger partial charge in [0.2, 0.25) is 18.1 Å². The van der Waals surface area contributed by atoms with Crippen LogP contribution in [0.2, 0.25) is 0 Å². The van der Waals surface area contributed by atoms with E-state index >= 15 is 0 Å². The summed E-state index contributed by atoms with van der Waals surface area (Å²) in [5.74, 6) is -1.68. The van der Waals surface area contributed by atoms with Crippen LogP contribution in [0.25, 0.3) is 0 Å².